The molecule has 0 aliphatic carbocycles. The third-order valence-corrected chi connectivity index (χ3v) is 6.42. The Morgan fingerprint density at radius 3 is 3.16 bits per heavy atom. The number of rotatable bonds is 3. The molecule has 2 N–H and O–H groups in total. The van der Waals surface area contributed by atoms with Gasteiger partial charge in [-0.25, -0.2) is 4.98 Å². The fraction of sp³-hybridized carbons (Fsp3) is 0.353. The summed E-state index contributed by atoms with van der Waals surface area (Å²) in [6.07, 6.45) is 0.928. The molecule has 0 radical (unpaired) electrons. The van der Waals surface area contributed by atoms with E-state index in [4.69, 9.17) is 0 Å². The number of anilines is 2. The normalized spacial score (nSPS) is 16.8. The summed E-state index contributed by atoms with van der Waals surface area (Å²) in [5.41, 5.74) is 2.31. The number of carbonyl (C=O) groups excluding carboxylic acids is 2. The molecule has 0 atom stereocenters. The molecule has 2 aromatic rings. The lowest BCUT2D eigenvalue weighted by Crippen LogP contribution is -2.29. The van der Waals surface area contributed by atoms with Gasteiger partial charge in [-0.3, -0.25) is 19.8 Å². The van der Waals surface area contributed by atoms with Crippen LogP contribution in [0, 0.1) is 0 Å². The van der Waals surface area contributed by atoms with Gasteiger partial charge in [0, 0.05) is 34.8 Å². The Kier molecular flexibility index (Phi) is 4.49. The summed E-state index contributed by atoms with van der Waals surface area (Å²) < 4.78 is 0. The Morgan fingerprint density at radius 1 is 1.44 bits per heavy atom. The van der Waals surface area contributed by atoms with Crippen LogP contribution in [-0.4, -0.2) is 40.5 Å². The van der Waals surface area contributed by atoms with Crippen LogP contribution in [0.1, 0.15) is 27.9 Å². The van der Waals surface area contributed by atoms with Gasteiger partial charge in [0.2, 0.25) is 5.91 Å². The summed E-state index contributed by atoms with van der Waals surface area (Å²) in [7, 11) is 0. The first-order valence-electron chi connectivity index (χ1n) is 8.21. The third kappa shape index (κ3) is 3.42. The van der Waals surface area contributed by atoms with Crippen LogP contribution >= 0.6 is 23.1 Å². The van der Waals surface area contributed by atoms with Crippen LogP contribution in [-0.2, 0) is 17.8 Å². The number of fused-ring (bicyclic) bond motifs is 2. The SMILES string of the molecule is CCN1CCc2nc(NC(=O)c3ccc4c(c3)NC(=O)CS4)sc2C1. The molecule has 0 unspecified atom stereocenters. The highest BCUT2D eigenvalue weighted by molar-refractivity contribution is 8.00. The second-order valence-electron chi connectivity index (χ2n) is 6.01. The highest BCUT2D eigenvalue weighted by atomic mass is 32.2. The van der Waals surface area contributed by atoms with E-state index in [2.05, 4.69) is 27.4 Å². The molecule has 0 fully saturated rings. The molecule has 2 aliphatic rings. The van der Waals surface area contributed by atoms with Gasteiger partial charge in [-0.2, -0.15) is 0 Å². The van der Waals surface area contributed by atoms with Crippen molar-refractivity contribution in [3.8, 4) is 0 Å². The lowest BCUT2D eigenvalue weighted by atomic mass is 10.2. The summed E-state index contributed by atoms with van der Waals surface area (Å²) in [4.78, 5) is 33.2. The second kappa shape index (κ2) is 6.78. The molecule has 0 bridgehead atoms. The van der Waals surface area contributed by atoms with E-state index >= 15 is 0 Å². The number of nitrogens with one attached hydrogen (secondary N) is 2. The molecule has 2 amide bonds. The average molecular weight is 374 g/mol. The Bertz CT molecular complexity index is 849. The number of carbonyl (C=O) groups is 2. The molecule has 1 aromatic heterocycles. The number of hydrogen-bond donors (Lipinski definition) is 2. The third-order valence-electron chi connectivity index (χ3n) is 4.35. The monoisotopic (exact) mass is 374 g/mol. The van der Waals surface area contributed by atoms with Gasteiger partial charge in [-0.1, -0.05) is 6.92 Å². The molecule has 3 heterocycles. The van der Waals surface area contributed by atoms with Gasteiger partial charge in [-0.15, -0.1) is 23.1 Å². The van der Waals surface area contributed by atoms with Crippen molar-refractivity contribution in [3.05, 3.63) is 34.3 Å². The molecule has 0 spiro atoms. The summed E-state index contributed by atoms with van der Waals surface area (Å²) >= 11 is 3.03. The first-order chi connectivity index (χ1) is 12.1. The van der Waals surface area contributed by atoms with E-state index in [-0.39, 0.29) is 11.8 Å². The minimum Gasteiger partial charge on any atom is -0.324 e. The molecule has 25 heavy (non-hydrogen) atoms. The lowest BCUT2D eigenvalue weighted by molar-refractivity contribution is -0.113. The van der Waals surface area contributed by atoms with Crippen LogP contribution in [0.15, 0.2) is 23.1 Å². The number of likely N-dealkylation sites (N-methyl/N-ethyl adjacent to an activating group) is 1. The van der Waals surface area contributed by atoms with E-state index in [1.807, 2.05) is 6.07 Å². The Morgan fingerprint density at radius 2 is 2.32 bits per heavy atom. The number of nitrogens with zero attached hydrogens (tertiary/aromatic N) is 2. The van der Waals surface area contributed by atoms with Crippen LogP contribution in [0.2, 0.25) is 0 Å². The zero-order valence-electron chi connectivity index (χ0n) is 13.8. The molecule has 8 heteroatoms. The van der Waals surface area contributed by atoms with E-state index in [1.54, 1.807) is 23.5 Å². The van der Waals surface area contributed by atoms with E-state index in [0.717, 1.165) is 36.6 Å². The highest BCUT2D eigenvalue weighted by Gasteiger charge is 2.21. The highest BCUT2D eigenvalue weighted by Crippen LogP contribution is 2.33. The van der Waals surface area contributed by atoms with Crippen molar-refractivity contribution in [2.24, 2.45) is 0 Å². The summed E-state index contributed by atoms with van der Waals surface area (Å²) in [6, 6.07) is 5.38. The molecule has 1 aromatic carbocycles. The standard InChI is InChI=1S/C17H18N4O2S2/c1-2-21-6-5-11-14(8-21)25-17(19-11)20-16(23)10-3-4-13-12(7-10)18-15(22)9-24-13/h3-4,7H,2,5-6,8-9H2,1H3,(H,18,22)(H,19,20,23). The predicted octanol–water partition coefficient (Wildman–Crippen LogP) is 2.82. The average Bonchev–Trinajstić information content (AvgIpc) is 3.02. The lowest BCUT2D eigenvalue weighted by Gasteiger charge is -2.23. The first-order valence-corrected chi connectivity index (χ1v) is 10.0. The maximum absolute atomic E-state index is 12.5. The molecule has 4 rings (SSSR count). The van der Waals surface area contributed by atoms with Crippen LogP contribution in [0.25, 0.3) is 0 Å². The molecule has 130 valence electrons. The van der Waals surface area contributed by atoms with Crippen molar-refractivity contribution < 1.29 is 9.59 Å². The molecular formula is C17H18N4O2S2. The van der Waals surface area contributed by atoms with Gasteiger partial charge in [0.15, 0.2) is 5.13 Å². The molecule has 2 aliphatic heterocycles. The number of thioether (sulfide) groups is 1. The predicted molar refractivity (Wildman–Crippen MR) is 101 cm³/mol. The van der Waals surface area contributed by atoms with Crippen molar-refractivity contribution in [1.29, 1.82) is 0 Å². The quantitative estimate of drug-likeness (QED) is 0.864. The number of hydrogen-bond acceptors (Lipinski definition) is 6. The van der Waals surface area contributed by atoms with Crippen LogP contribution in [0.4, 0.5) is 10.8 Å². The molecule has 6 nitrogen and oxygen atoms in total. The topological polar surface area (TPSA) is 74.3 Å². The minimum atomic E-state index is -0.203. The smallest absolute Gasteiger partial charge is 0.257 e. The van der Waals surface area contributed by atoms with Gasteiger partial charge < -0.3 is 5.32 Å². The van der Waals surface area contributed by atoms with Crippen molar-refractivity contribution in [2.75, 3.05) is 29.5 Å². The summed E-state index contributed by atoms with van der Waals surface area (Å²) in [5.74, 6) is 0.173. The summed E-state index contributed by atoms with van der Waals surface area (Å²) in [6.45, 7) is 5.10. The molecule has 0 saturated carbocycles. The Balaban J connectivity index is 1.50. The van der Waals surface area contributed by atoms with Crippen molar-refractivity contribution in [1.82, 2.24) is 9.88 Å². The van der Waals surface area contributed by atoms with Crippen molar-refractivity contribution in [2.45, 2.75) is 24.8 Å². The second-order valence-corrected chi connectivity index (χ2v) is 8.11. The fourth-order valence-corrected chi connectivity index (χ4v) is 4.80. The van der Waals surface area contributed by atoms with E-state index < -0.39 is 0 Å². The van der Waals surface area contributed by atoms with E-state index in [1.165, 1.54) is 16.6 Å². The van der Waals surface area contributed by atoms with Gasteiger partial charge in [0.05, 0.1) is 17.1 Å². The Labute approximate surface area is 154 Å². The zero-order chi connectivity index (χ0) is 17.4. The summed E-state index contributed by atoms with van der Waals surface area (Å²) in [5, 5.41) is 6.35. The number of benzene rings is 1. The van der Waals surface area contributed by atoms with E-state index in [0.29, 0.717) is 22.1 Å². The van der Waals surface area contributed by atoms with Gasteiger partial charge >= 0.3 is 0 Å². The Hall–Kier alpha value is -1.90. The maximum Gasteiger partial charge on any atom is 0.257 e. The van der Waals surface area contributed by atoms with E-state index in [9.17, 15) is 9.59 Å². The maximum atomic E-state index is 12.5. The van der Waals surface area contributed by atoms with Crippen LogP contribution in [0.5, 0.6) is 0 Å². The van der Waals surface area contributed by atoms with Gasteiger partial charge in [-0.05, 0) is 24.7 Å². The largest absolute Gasteiger partial charge is 0.324 e. The number of amides is 2. The van der Waals surface area contributed by atoms with Crippen LogP contribution < -0.4 is 10.6 Å². The van der Waals surface area contributed by atoms with Crippen LogP contribution in [0.3, 0.4) is 0 Å². The number of aromatic nitrogens is 1. The van der Waals surface area contributed by atoms with Gasteiger partial charge in [0.25, 0.3) is 5.91 Å². The van der Waals surface area contributed by atoms with Crippen molar-refractivity contribution >= 4 is 45.7 Å². The zero-order valence-corrected chi connectivity index (χ0v) is 15.4. The first kappa shape index (κ1) is 16.6. The molecule has 0 saturated heterocycles. The van der Waals surface area contributed by atoms with Crippen molar-refractivity contribution in [3.63, 3.8) is 0 Å². The fourth-order valence-electron chi connectivity index (χ4n) is 2.97. The minimum absolute atomic E-state index is 0.0388. The van der Waals surface area contributed by atoms with Gasteiger partial charge in [0.1, 0.15) is 0 Å². The number of thiazole rings is 1. The molecular weight excluding hydrogens is 356 g/mol.